The molecule has 0 radical (unpaired) electrons. The molecule has 3 aliphatic carbocycles. The molecule has 2 fully saturated rings. The lowest BCUT2D eigenvalue weighted by molar-refractivity contribution is -0.0279. The Hall–Kier alpha value is -0.420. The van der Waals surface area contributed by atoms with Gasteiger partial charge in [0, 0.05) is 20.2 Å². The summed E-state index contributed by atoms with van der Waals surface area (Å²) < 4.78 is 11.1. The first-order chi connectivity index (χ1) is 11.5. The van der Waals surface area contributed by atoms with Gasteiger partial charge >= 0.3 is 0 Å². The van der Waals surface area contributed by atoms with Gasteiger partial charge in [0.05, 0.1) is 25.9 Å². The lowest BCUT2D eigenvalue weighted by Crippen LogP contribution is -2.48. The molecule has 4 rings (SSSR count). The average molecular weight is 338 g/mol. The zero-order chi connectivity index (χ0) is 17.2. The van der Waals surface area contributed by atoms with Crippen molar-refractivity contribution in [2.24, 2.45) is 23.2 Å². The van der Waals surface area contributed by atoms with Gasteiger partial charge < -0.3 is 19.5 Å². The highest BCUT2D eigenvalue weighted by Crippen LogP contribution is 2.59. The van der Waals surface area contributed by atoms with Gasteiger partial charge in [-0.25, -0.2) is 0 Å². The molecular formula is C20H35NO3. The predicted molar refractivity (Wildman–Crippen MR) is 95.9 cm³/mol. The Bertz CT molecular complexity index is 446. The summed E-state index contributed by atoms with van der Waals surface area (Å²) in [5.41, 5.74) is 1.92. The Morgan fingerprint density at radius 3 is 2.96 bits per heavy atom. The molecule has 24 heavy (non-hydrogen) atoms. The fraction of sp³-hybridized carbons (Fsp3) is 0.900. The Labute approximate surface area is 147 Å². The summed E-state index contributed by atoms with van der Waals surface area (Å²) in [6.45, 7) is 9.59. The van der Waals surface area contributed by atoms with Gasteiger partial charge in [0.15, 0.2) is 0 Å². The van der Waals surface area contributed by atoms with E-state index in [0.29, 0.717) is 30.5 Å². The van der Waals surface area contributed by atoms with Crippen LogP contribution in [0.3, 0.4) is 0 Å². The molecule has 4 heteroatoms. The third-order valence-corrected chi connectivity index (χ3v) is 6.64. The van der Waals surface area contributed by atoms with E-state index >= 15 is 0 Å². The van der Waals surface area contributed by atoms with Crippen LogP contribution < -0.4 is 0 Å². The van der Waals surface area contributed by atoms with Crippen LogP contribution in [0.5, 0.6) is 0 Å². The zero-order valence-electron chi connectivity index (χ0n) is 15.7. The number of hydrogen-bond acceptors (Lipinski definition) is 4. The molecule has 4 aliphatic rings. The van der Waals surface area contributed by atoms with Crippen LogP contribution in [-0.4, -0.2) is 62.7 Å². The van der Waals surface area contributed by atoms with Gasteiger partial charge in [-0.1, -0.05) is 19.9 Å². The van der Waals surface area contributed by atoms with E-state index in [0.717, 1.165) is 32.2 Å². The maximum atomic E-state index is 10.3. The Balaban J connectivity index is 1.36. The highest BCUT2D eigenvalue weighted by atomic mass is 16.5. The number of hydrogen-bond donors (Lipinski definition) is 1. The molecule has 138 valence electrons. The van der Waals surface area contributed by atoms with Gasteiger partial charge in [-0.05, 0) is 61.0 Å². The minimum absolute atomic E-state index is 0.391. The second kappa shape index (κ2) is 7.86. The van der Waals surface area contributed by atoms with Crippen LogP contribution in [0.2, 0.25) is 0 Å². The number of ether oxygens (including phenoxy) is 2. The molecule has 4 unspecified atom stereocenters. The van der Waals surface area contributed by atoms with Gasteiger partial charge in [0.25, 0.3) is 0 Å². The fourth-order valence-electron chi connectivity index (χ4n) is 4.99. The molecule has 1 aliphatic heterocycles. The predicted octanol–water partition coefficient (Wildman–Crippen LogP) is 2.71. The maximum Gasteiger partial charge on any atom is 0.0900 e. The van der Waals surface area contributed by atoms with Gasteiger partial charge in [-0.15, -0.1) is 0 Å². The first-order valence-electron chi connectivity index (χ1n) is 9.66. The molecule has 0 aromatic carbocycles. The minimum Gasteiger partial charge on any atom is -0.389 e. The van der Waals surface area contributed by atoms with Gasteiger partial charge in [0.2, 0.25) is 0 Å². The van der Waals surface area contributed by atoms with E-state index in [4.69, 9.17) is 9.47 Å². The number of β-amino-alcohol motifs (C(OH)–C–C–N with tert-alkyl or cyclic N) is 1. The van der Waals surface area contributed by atoms with E-state index in [-0.39, 0.29) is 0 Å². The van der Waals surface area contributed by atoms with Crippen molar-refractivity contribution in [1.29, 1.82) is 0 Å². The minimum atomic E-state index is -0.391. The molecule has 4 atom stereocenters. The van der Waals surface area contributed by atoms with Gasteiger partial charge in [-0.3, -0.25) is 0 Å². The number of allylic oxidation sites excluding steroid dienone is 1. The van der Waals surface area contributed by atoms with Crippen LogP contribution in [0.25, 0.3) is 0 Å². The SMILES string of the molecule is COCC1CCCN(CC(O)COCC2=CCC3CC2C3(C)C)C1. The molecule has 0 spiro atoms. The zero-order valence-corrected chi connectivity index (χ0v) is 15.7. The van der Waals surface area contributed by atoms with Crippen LogP contribution in [-0.2, 0) is 9.47 Å². The monoisotopic (exact) mass is 337 g/mol. The third-order valence-electron chi connectivity index (χ3n) is 6.64. The summed E-state index contributed by atoms with van der Waals surface area (Å²) in [5, 5.41) is 10.3. The highest BCUT2D eigenvalue weighted by Gasteiger charge is 2.50. The average Bonchev–Trinajstić information content (AvgIpc) is 2.55. The fourth-order valence-corrected chi connectivity index (χ4v) is 4.99. The second-order valence-corrected chi connectivity index (χ2v) is 8.71. The third kappa shape index (κ3) is 4.04. The van der Waals surface area contributed by atoms with Crippen LogP contribution in [0.4, 0.5) is 0 Å². The van der Waals surface area contributed by atoms with Crippen LogP contribution >= 0.6 is 0 Å². The summed E-state index contributed by atoms with van der Waals surface area (Å²) in [6.07, 6.45) is 6.97. The number of rotatable bonds is 8. The van der Waals surface area contributed by atoms with E-state index in [2.05, 4.69) is 24.8 Å². The van der Waals surface area contributed by atoms with Crippen molar-refractivity contribution in [3.8, 4) is 0 Å². The molecule has 4 nitrogen and oxygen atoms in total. The molecule has 1 saturated heterocycles. The first kappa shape index (κ1) is 18.4. The van der Waals surface area contributed by atoms with E-state index in [1.54, 1.807) is 7.11 Å². The number of methoxy groups -OCH3 is 1. The lowest BCUT2D eigenvalue weighted by Gasteiger charge is -2.56. The number of fused-ring (bicyclic) bond motifs is 1. The number of aliphatic hydroxyl groups excluding tert-OH is 1. The summed E-state index contributed by atoms with van der Waals surface area (Å²) in [5.74, 6) is 2.18. The van der Waals surface area contributed by atoms with Gasteiger partial charge in [0.1, 0.15) is 0 Å². The summed E-state index contributed by atoms with van der Waals surface area (Å²) in [4.78, 5) is 2.36. The van der Waals surface area contributed by atoms with Crippen molar-refractivity contribution in [1.82, 2.24) is 4.90 Å². The summed E-state index contributed by atoms with van der Waals surface area (Å²) >= 11 is 0. The van der Waals surface area contributed by atoms with Crippen molar-refractivity contribution in [2.75, 3.05) is 46.6 Å². The molecule has 0 amide bonds. The highest BCUT2D eigenvalue weighted by molar-refractivity contribution is 5.23. The first-order valence-corrected chi connectivity index (χ1v) is 9.66. The van der Waals surface area contributed by atoms with E-state index < -0.39 is 6.10 Å². The quantitative estimate of drug-likeness (QED) is 0.692. The van der Waals surface area contributed by atoms with E-state index in [1.165, 1.54) is 31.3 Å². The summed E-state index contributed by atoms with van der Waals surface area (Å²) in [6, 6.07) is 0. The topological polar surface area (TPSA) is 41.9 Å². The van der Waals surface area contributed by atoms with Crippen molar-refractivity contribution in [3.63, 3.8) is 0 Å². The maximum absolute atomic E-state index is 10.3. The molecule has 1 heterocycles. The summed E-state index contributed by atoms with van der Waals surface area (Å²) in [7, 11) is 1.77. The largest absolute Gasteiger partial charge is 0.389 e. The molecular weight excluding hydrogens is 302 g/mol. The lowest BCUT2D eigenvalue weighted by atomic mass is 9.49. The van der Waals surface area contributed by atoms with Crippen LogP contribution in [0.15, 0.2) is 11.6 Å². The number of aliphatic hydroxyl groups is 1. The normalized spacial score (nSPS) is 33.7. The number of likely N-dealkylation sites (tertiary alicyclic amines) is 1. The standard InChI is InChI=1S/C20H35NO3/c1-20(2)17-7-6-16(19(20)9-17)13-24-14-18(22)11-21-8-4-5-15(10-21)12-23-3/h6,15,17-19,22H,4-5,7-14H2,1-3H3. The molecule has 0 aromatic rings. The van der Waals surface area contributed by atoms with Crippen LogP contribution in [0, 0.1) is 23.2 Å². The molecule has 0 aromatic heterocycles. The number of piperidine rings is 1. The van der Waals surface area contributed by atoms with Gasteiger partial charge in [-0.2, -0.15) is 0 Å². The molecule has 1 N–H and O–H groups in total. The smallest absolute Gasteiger partial charge is 0.0900 e. The van der Waals surface area contributed by atoms with Crippen molar-refractivity contribution in [3.05, 3.63) is 11.6 Å². The molecule has 2 bridgehead atoms. The Kier molecular flexibility index (Phi) is 6.02. The van der Waals surface area contributed by atoms with E-state index in [9.17, 15) is 5.11 Å². The number of nitrogens with zero attached hydrogens (tertiary/aromatic N) is 1. The Morgan fingerprint density at radius 2 is 2.25 bits per heavy atom. The van der Waals surface area contributed by atoms with Crippen molar-refractivity contribution >= 4 is 0 Å². The Morgan fingerprint density at radius 1 is 1.42 bits per heavy atom. The van der Waals surface area contributed by atoms with Crippen LogP contribution in [0.1, 0.15) is 39.5 Å². The van der Waals surface area contributed by atoms with E-state index in [1.807, 2.05) is 0 Å². The van der Waals surface area contributed by atoms with Crippen molar-refractivity contribution < 1.29 is 14.6 Å². The van der Waals surface area contributed by atoms with Crippen molar-refractivity contribution in [2.45, 2.75) is 45.6 Å². The molecule has 1 saturated carbocycles. The second-order valence-electron chi connectivity index (χ2n) is 8.71.